The van der Waals surface area contributed by atoms with Crippen LogP contribution in [0, 0.1) is 0 Å². The number of aliphatic hydroxyl groups excluding tert-OH is 1. The van der Waals surface area contributed by atoms with Crippen LogP contribution in [0.3, 0.4) is 0 Å². The zero-order valence-electron chi connectivity index (χ0n) is 13.0. The number of aliphatic hydroxyl groups is 1. The SMILES string of the molecule is O=C(C1=C(O)C(=O)N(c2nncs2)C1c1cccc(Br)c1)c1cccs1. The third-order valence-electron chi connectivity index (χ3n) is 3.92. The van der Waals surface area contributed by atoms with Gasteiger partial charge in [-0.15, -0.1) is 21.5 Å². The van der Waals surface area contributed by atoms with Crippen LogP contribution in [0.5, 0.6) is 0 Å². The fourth-order valence-corrected chi connectivity index (χ4v) is 4.52. The molecule has 1 atom stereocenters. The van der Waals surface area contributed by atoms with Gasteiger partial charge in [0.2, 0.25) is 10.9 Å². The van der Waals surface area contributed by atoms with Crippen LogP contribution in [0.2, 0.25) is 0 Å². The molecule has 1 aromatic carbocycles. The number of aromatic nitrogens is 2. The first kappa shape index (κ1) is 17.1. The summed E-state index contributed by atoms with van der Waals surface area (Å²) in [4.78, 5) is 27.5. The molecule has 130 valence electrons. The molecule has 9 heteroatoms. The molecule has 2 aromatic heterocycles. The van der Waals surface area contributed by atoms with Crippen molar-refractivity contribution in [2.45, 2.75) is 6.04 Å². The van der Waals surface area contributed by atoms with Crippen LogP contribution in [0.25, 0.3) is 0 Å². The van der Waals surface area contributed by atoms with E-state index in [2.05, 4.69) is 26.1 Å². The van der Waals surface area contributed by atoms with Crippen molar-refractivity contribution >= 4 is 55.4 Å². The van der Waals surface area contributed by atoms with Crippen molar-refractivity contribution in [1.29, 1.82) is 0 Å². The molecule has 0 saturated carbocycles. The summed E-state index contributed by atoms with van der Waals surface area (Å²) in [6, 6.07) is 9.92. The molecule has 0 saturated heterocycles. The van der Waals surface area contributed by atoms with E-state index in [4.69, 9.17) is 0 Å². The summed E-state index contributed by atoms with van der Waals surface area (Å²) in [5.41, 5.74) is 2.23. The number of rotatable bonds is 4. The summed E-state index contributed by atoms with van der Waals surface area (Å²) >= 11 is 5.84. The first-order chi connectivity index (χ1) is 12.6. The molecule has 0 fully saturated rings. The van der Waals surface area contributed by atoms with E-state index in [1.165, 1.54) is 21.7 Å². The Balaban J connectivity index is 1.89. The number of Topliss-reactive ketones (excluding diaryl/α,β-unsaturated/α-hetero) is 1. The van der Waals surface area contributed by atoms with Gasteiger partial charge in [0.25, 0.3) is 5.91 Å². The second kappa shape index (κ2) is 6.75. The first-order valence-corrected chi connectivity index (χ1v) is 9.99. The molecule has 6 nitrogen and oxygen atoms in total. The minimum absolute atomic E-state index is 0.0470. The highest BCUT2D eigenvalue weighted by Gasteiger charge is 2.46. The van der Waals surface area contributed by atoms with Crippen molar-refractivity contribution in [3.63, 3.8) is 0 Å². The quantitative estimate of drug-likeness (QED) is 0.607. The topological polar surface area (TPSA) is 83.4 Å². The molecule has 0 radical (unpaired) electrons. The third-order valence-corrected chi connectivity index (χ3v) is 5.97. The molecule has 1 amide bonds. The Labute approximate surface area is 164 Å². The van der Waals surface area contributed by atoms with Gasteiger partial charge < -0.3 is 5.11 Å². The number of hydrogen-bond donors (Lipinski definition) is 1. The van der Waals surface area contributed by atoms with Crippen molar-refractivity contribution in [1.82, 2.24) is 10.2 Å². The van der Waals surface area contributed by atoms with E-state index < -0.39 is 17.7 Å². The summed E-state index contributed by atoms with van der Waals surface area (Å²) in [7, 11) is 0. The number of amides is 1. The summed E-state index contributed by atoms with van der Waals surface area (Å²) in [6.07, 6.45) is 0. The van der Waals surface area contributed by atoms with Crippen LogP contribution in [0.15, 0.2) is 63.1 Å². The Morgan fingerprint density at radius 2 is 2.08 bits per heavy atom. The van der Waals surface area contributed by atoms with Crippen molar-refractivity contribution in [3.8, 4) is 0 Å². The maximum Gasteiger partial charge on any atom is 0.296 e. The second-order valence-electron chi connectivity index (χ2n) is 5.42. The van der Waals surface area contributed by atoms with E-state index in [9.17, 15) is 14.7 Å². The number of halogens is 1. The van der Waals surface area contributed by atoms with Gasteiger partial charge in [-0.25, -0.2) is 0 Å². The molecule has 26 heavy (non-hydrogen) atoms. The van der Waals surface area contributed by atoms with Crippen LogP contribution in [-0.2, 0) is 4.79 Å². The highest BCUT2D eigenvalue weighted by molar-refractivity contribution is 9.10. The number of carbonyl (C=O) groups excluding carboxylic acids is 2. The summed E-state index contributed by atoms with van der Waals surface area (Å²) in [6.45, 7) is 0. The molecule has 1 aliphatic heterocycles. The number of benzene rings is 1. The molecule has 0 bridgehead atoms. The number of carbonyl (C=O) groups is 2. The van der Waals surface area contributed by atoms with E-state index in [1.807, 2.05) is 18.2 Å². The molecule has 4 rings (SSSR count). The lowest BCUT2D eigenvalue weighted by Gasteiger charge is -2.24. The molecule has 1 aliphatic rings. The minimum atomic E-state index is -0.775. The molecule has 3 heterocycles. The highest BCUT2D eigenvalue weighted by atomic mass is 79.9. The average Bonchev–Trinajstić information content (AvgIpc) is 3.37. The predicted octanol–water partition coefficient (Wildman–Crippen LogP) is 4.15. The van der Waals surface area contributed by atoms with Crippen molar-refractivity contribution in [2.75, 3.05) is 4.90 Å². The minimum Gasteiger partial charge on any atom is -0.503 e. The number of anilines is 1. The fourth-order valence-electron chi connectivity index (χ4n) is 2.84. The third kappa shape index (κ3) is 2.77. The number of hydrogen-bond acceptors (Lipinski definition) is 7. The van der Waals surface area contributed by atoms with Gasteiger partial charge >= 0.3 is 0 Å². The molecular formula is C17H10BrN3O3S2. The van der Waals surface area contributed by atoms with Gasteiger partial charge in [-0.3, -0.25) is 14.5 Å². The molecule has 1 N–H and O–H groups in total. The lowest BCUT2D eigenvalue weighted by atomic mass is 9.96. The van der Waals surface area contributed by atoms with Crippen LogP contribution in [0.1, 0.15) is 21.3 Å². The largest absolute Gasteiger partial charge is 0.503 e. The Morgan fingerprint density at radius 1 is 1.23 bits per heavy atom. The number of ketones is 1. The molecule has 0 aliphatic carbocycles. The normalized spacial score (nSPS) is 17.2. The summed E-state index contributed by atoms with van der Waals surface area (Å²) < 4.78 is 0.800. The highest BCUT2D eigenvalue weighted by Crippen LogP contribution is 2.42. The van der Waals surface area contributed by atoms with Crippen molar-refractivity contribution in [3.05, 3.63) is 73.5 Å². The maximum atomic E-state index is 13.0. The Kier molecular flexibility index (Phi) is 4.43. The Bertz CT molecular complexity index is 1020. The molecule has 3 aromatic rings. The van der Waals surface area contributed by atoms with Crippen LogP contribution >= 0.6 is 38.6 Å². The van der Waals surface area contributed by atoms with Gasteiger partial charge in [-0.1, -0.05) is 45.5 Å². The smallest absolute Gasteiger partial charge is 0.296 e. The summed E-state index contributed by atoms with van der Waals surface area (Å²) in [5, 5.41) is 20.3. The van der Waals surface area contributed by atoms with E-state index in [0.29, 0.717) is 15.6 Å². The lowest BCUT2D eigenvalue weighted by Crippen LogP contribution is -2.31. The zero-order valence-corrected chi connectivity index (χ0v) is 16.2. The summed E-state index contributed by atoms with van der Waals surface area (Å²) in [5.74, 6) is -1.59. The molecule has 0 spiro atoms. The van der Waals surface area contributed by atoms with E-state index in [-0.39, 0.29) is 11.4 Å². The maximum absolute atomic E-state index is 13.0. The van der Waals surface area contributed by atoms with Crippen LogP contribution in [-0.4, -0.2) is 27.0 Å². The Hall–Kier alpha value is -2.36. The number of nitrogens with zero attached hydrogens (tertiary/aromatic N) is 3. The lowest BCUT2D eigenvalue weighted by molar-refractivity contribution is -0.117. The van der Waals surface area contributed by atoms with Gasteiger partial charge in [-0.2, -0.15) is 0 Å². The van der Waals surface area contributed by atoms with Gasteiger partial charge in [0, 0.05) is 4.47 Å². The molecular weight excluding hydrogens is 438 g/mol. The van der Waals surface area contributed by atoms with Crippen LogP contribution in [0.4, 0.5) is 5.13 Å². The molecule has 1 unspecified atom stereocenters. The van der Waals surface area contributed by atoms with Gasteiger partial charge in [0.15, 0.2) is 5.76 Å². The predicted molar refractivity (Wildman–Crippen MR) is 103 cm³/mol. The average molecular weight is 448 g/mol. The first-order valence-electron chi connectivity index (χ1n) is 7.44. The Morgan fingerprint density at radius 3 is 2.73 bits per heavy atom. The van der Waals surface area contributed by atoms with Crippen LogP contribution < -0.4 is 4.90 Å². The second-order valence-corrected chi connectivity index (χ2v) is 8.10. The van der Waals surface area contributed by atoms with E-state index >= 15 is 0 Å². The van der Waals surface area contributed by atoms with Gasteiger partial charge in [0.05, 0.1) is 16.5 Å². The van der Waals surface area contributed by atoms with Gasteiger partial charge in [-0.05, 0) is 29.1 Å². The standard InChI is InChI=1S/C17H10BrN3O3S2/c18-10-4-1-3-9(7-10)13-12(14(22)11-5-2-6-25-11)15(23)16(24)21(13)17-20-19-8-26-17/h1-8,13,23H. The zero-order chi connectivity index (χ0) is 18.3. The van der Waals surface area contributed by atoms with Crippen molar-refractivity contribution < 1.29 is 14.7 Å². The van der Waals surface area contributed by atoms with Crippen molar-refractivity contribution in [2.24, 2.45) is 0 Å². The monoisotopic (exact) mass is 447 g/mol. The fraction of sp³-hybridized carbons (Fsp3) is 0.0588. The van der Waals surface area contributed by atoms with Gasteiger partial charge in [0.1, 0.15) is 5.51 Å². The number of thiophene rings is 1. The van der Waals surface area contributed by atoms with E-state index in [1.54, 1.807) is 23.6 Å². The van der Waals surface area contributed by atoms with E-state index in [0.717, 1.165) is 15.8 Å².